The average Bonchev–Trinajstić information content (AvgIpc) is 2.34. The van der Waals surface area contributed by atoms with Crippen molar-refractivity contribution in [1.29, 1.82) is 0 Å². The van der Waals surface area contributed by atoms with E-state index >= 15 is 0 Å². The SMILES string of the molecule is C=C(NC)C(NC(=O)OC(C)(C)C)C1CCCCC1. The number of carbonyl (C=O) groups excluding carboxylic acids is 1. The molecule has 19 heavy (non-hydrogen) atoms. The van der Waals surface area contributed by atoms with Crippen LogP contribution in [0.4, 0.5) is 4.79 Å². The van der Waals surface area contributed by atoms with E-state index in [1.165, 1.54) is 19.3 Å². The number of carbonyl (C=O) groups is 1. The van der Waals surface area contributed by atoms with Crippen LogP contribution in [0.5, 0.6) is 0 Å². The molecule has 1 amide bonds. The maximum Gasteiger partial charge on any atom is 0.408 e. The lowest BCUT2D eigenvalue weighted by molar-refractivity contribution is 0.0488. The maximum absolute atomic E-state index is 11.9. The molecule has 0 aromatic rings. The molecule has 0 aliphatic heterocycles. The third kappa shape index (κ3) is 5.53. The lowest BCUT2D eigenvalue weighted by atomic mass is 9.83. The molecule has 1 aliphatic rings. The van der Waals surface area contributed by atoms with E-state index in [4.69, 9.17) is 4.74 Å². The zero-order chi connectivity index (χ0) is 14.5. The van der Waals surface area contributed by atoms with E-state index in [-0.39, 0.29) is 12.1 Å². The molecular weight excluding hydrogens is 240 g/mol. The fourth-order valence-electron chi connectivity index (χ4n) is 2.55. The highest BCUT2D eigenvalue weighted by molar-refractivity contribution is 5.68. The quantitative estimate of drug-likeness (QED) is 0.823. The first-order valence-electron chi connectivity index (χ1n) is 7.19. The van der Waals surface area contributed by atoms with Crippen molar-refractivity contribution in [2.75, 3.05) is 7.05 Å². The number of hydrogen-bond donors (Lipinski definition) is 2. The van der Waals surface area contributed by atoms with Crippen LogP contribution in [0.1, 0.15) is 52.9 Å². The summed E-state index contributed by atoms with van der Waals surface area (Å²) in [5.41, 5.74) is 0.389. The molecule has 0 aromatic carbocycles. The van der Waals surface area contributed by atoms with Crippen molar-refractivity contribution in [2.45, 2.75) is 64.5 Å². The molecule has 4 nitrogen and oxygen atoms in total. The van der Waals surface area contributed by atoms with Gasteiger partial charge in [-0.05, 0) is 39.5 Å². The summed E-state index contributed by atoms with van der Waals surface area (Å²) in [6, 6.07) is -0.0415. The number of amides is 1. The number of nitrogens with one attached hydrogen (secondary N) is 2. The van der Waals surface area contributed by atoms with Crippen LogP contribution in [0, 0.1) is 5.92 Å². The number of alkyl carbamates (subject to hydrolysis) is 1. The van der Waals surface area contributed by atoms with Gasteiger partial charge in [-0.3, -0.25) is 0 Å². The zero-order valence-electron chi connectivity index (χ0n) is 12.7. The monoisotopic (exact) mass is 268 g/mol. The van der Waals surface area contributed by atoms with E-state index in [1.807, 2.05) is 27.8 Å². The van der Waals surface area contributed by atoms with Gasteiger partial charge in [-0.15, -0.1) is 0 Å². The van der Waals surface area contributed by atoms with Gasteiger partial charge in [0.15, 0.2) is 0 Å². The molecule has 0 saturated heterocycles. The summed E-state index contributed by atoms with van der Waals surface area (Å²) < 4.78 is 5.33. The maximum atomic E-state index is 11.9. The normalized spacial score (nSPS) is 18.5. The predicted molar refractivity (Wildman–Crippen MR) is 77.9 cm³/mol. The Morgan fingerprint density at radius 1 is 1.26 bits per heavy atom. The van der Waals surface area contributed by atoms with Gasteiger partial charge in [0, 0.05) is 12.7 Å². The van der Waals surface area contributed by atoms with Gasteiger partial charge in [0.05, 0.1) is 6.04 Å². The van der Waals surface area contributed by atoms with Gasteiger partial charge < -0.3 is 15.4 Å². The Kier molecular flexibility index (Phi) is 5.70. The number of ether oxygens (including phenoxy) is 1. The summed E-state index contributed by atoms with van der Waals surface area (Å²) in [6.07, 6.45) is 5.67. The third-order valence-corrected chi connectivity index (χ3v) is 3.49. The molecule has 1 fully saturated rings. The van der Waals surface area contributed by atoms with E-state index in [1.54, 1.807) is 0 Å². The Balaban J connectivity index is 2.64. The second kappa shape index (κ2) is 6.83. The average molecular weight is 268 g/mol. The van der Waals surface area contributed by atoms with Crippen LogP contribution < -0.4 is 10.6 Å². The van der Waals surface area contributed by atoms with Gasteiger partial charge in [-0.25, -0.2) is 4.79 Å². The third-order valence-electron chi connectivity index (χ3n) is 3.49. The minimum atomic E-state index is -0.470. The topological polar surface area (TPSA) is 50.4 Å². The summed E-state index contributed by atoms with van der Waals surface area (Å²) >= 11 is 0. The van der Waals surface area contributed by atoms with Crippen LogP contribution in [0.25, 0.3) is 0 Å². The molecule has 0 aromatic heterocycles. The Morgan fingerprint density at radius 2 is 1.84 bits per heavy atom. The molecule has 1 aliphatic carbocycles. The summed E-state index contributed by atoms with van der Waals surface area (Å²) in [5.74, 6) is 0.459. The number of hydrogen-bond acceptors (Lipinski definition) is 3. The molecule has 0 radical (unpaired) electrons. The Morgan fingerprint density at radius 3 is 2.32 bits per heavy atom. The zero-order valence-corrected chi connectivity index (χ0v) is 12.7. The van der Waals surface area contributed by atoms with Gasteiger partial charge in [-0.1, -0.05) is 25.8 Å². The van der Waals surface area contributed by atoms with Crippen LogP contribution in [-0.4, -0.2) is 24.8 Å². The van der Waals surface area contributed by atoms with E-state index < -0.39 is 5.60 Å². The first-order chi connectivity index (χ1) is 8.83. The highest BCUT2D eigenvalue weighted by atomic mass is 16.6. The van der Waals surface area contributed by atoms with Crippen LogP contribution in [0.3, 0.4) is 0 Å². The fourth-order valence-corrected chi connectivity index (χ4v) is 2.55. The van der Waals surface area contributed by atoms with Crippen molar-refractivity contribution in [2.24, 2.45) is 5.92 Å². The lowest BCUT2D eigenvalue weighted by Gasteiger charge is -2.32. The molecule has 110 valence electrons. The Labute approximate surface area is 117 Å². The van der Waals surface area contributed by atoms with Gasteiger partial charge in [0.25, 0.3) is 0 Å². The standard InChI is InChI=1S/C15H28N2O2/c1-11(16-5)13(12-9-7-6-8-10-12)17-14(18)19-15(2,3)4/h12-13,16H,1,6-10H2,2-5H3,(H,17,18). The van der Waals surface area contributed by atoms with Gasteiger partial charge in [0.1, 0.15) is 5.60 Å². The largest absolute Gasteiger partial charge is 0.444 e. The van der Waals surface area contributed by atoms with E-state index in [0.29, 0.717) is 5.92 Å². The van der Waals surface area contributed by atoms with Crippen molar-refractivity contribution < 1.29 is 9.53 Å². The summed E-state index contributed by atoms with van der Waals surface area (Å²) in [4.78, 5) is 11.9. The highest BCUT2D eigenvalue weighted by Crippen LogP contribution is 2.28. The van der Waals surface area contributed by atoms with Crippen molar-refractivity contribution in [3.8, 4) is 0 Å². The first-order valence-corrected chi connectivity index (χ1v) is 7.19. The Bertz CT molecular complexity index is 315. The van der Waals surface area contributed by atoms with Crippen LogP contribution in [-0.2, 0) is 4.74 Å². The molecule has 2 N–H and O–H groups in total. The smallest absolute Gasteiger partial charge is 0.408 e. The predicted octanol–water partition coefficient (Wildman–Crippen LogP) is 3.19. The molecule has 1 rings (SSSR count). The van der Waals surface area contributed by atoms with Crippen molar-refractivity contribution in [3.05, 3.63) is 12.3 Å². The number of rotatable bonds is 4. The molecule has 1 atom stereocenters. The van der Waals surface area contributed by atoms with Gasteiger partial charge in [0.2, 0.25) is 0 Å². The second-order valence-corrected chi connectivity index (χ2v) is 6.30. The molecule has 4 heteroatoms. The minimum absolute atomic E-state index is 0.0415. The lowest BCUT2D eigenvalue weighted by Crippen LogP contribution is -2.46. The number of likely N-dealkylation sites (N-methyl/N-ethyl adjacent to an activating group) is 1. The molecular formula is C15H28N2O2. The van der Waals surface area contributed by atoms with Crippen molar-refractivity contribution in [3.63, 3.8) is 0 Å². The van der Waals surface area contributed by atoms with Crippen molar-refractivity contribution >= 4 is 6.09 Å². The van der Waals surface area contributed by atoms with Crippen LogP contribution in [0.15, 0.2) is 12.3 Å². The minimum Gasteiger partial charge on any atom is -0.444 e. The molecule has 0 spiro atoms. The van der Waals surface area contributed by atoms with E-state index in [9.17, 15) is 4.79 Å². The van der Waals surface area contributed by atoms with Gasteiger partial charge in [-0.2, -0.15) is 0 Å². The Hall–Kier alpha value is -1.19. The van der Waals surface area contributed by atoms with Gasteiger partial charge >= 0.3 is 6.09 Å². The first kappa shape index (κ1) is 15.9. The molecule has 1 saturated carbocycles. The summed E-state index contributed by atoms with van der Waals surface area (Å²) in [7, 11) is 1.84. The molecule has 1 unspecified atom stereocenters. The van der Waals surface area contributed by atoms with Crippen molar-refractivity contribution in [1.82, 2.24) is 10.6 Å². The molecule has 0 bridgehead atoms. The molecule has 0 heterocycles. The second-order valence-electron chi connectivity index (χ2n) is 6.30. The van der Waals surface area contributed by atoms with Crippen LogP contribution >= 0.6 is 0 Å². The highest BCUT2D eigenvalue weighted by Gasteiger charge is 2.28. The summed E-state index contributed by atoms with van der Waals surface area (Å²) in [5, 5.41) is 6.04. The van der Waals surface area contributed by atoms with E-state index in [0.717, 1.165) is 18.5 Å². The fraction of sp³-hybridized carbons (Fsp3) is 0.800. The van der Waals surface area contributed by atoms with Crippen LogP contribution in [0.2, 0.25) is 0 Å². The summed E-state index contributed by atoms with van der Waals surface area (Å²) in [6.45, 7) is 9.63. The van der Waals surface area contributed by atoms with E-state index in [2.05, 4.69) is 17.2 Å².